The Morgan fingerprint density at radius 1 is 1.22 bits per heavy atom. The fourth-order valence-electron chi connectivity index (χ4n) is 1.66. The molecule has 0 saturated carbocycles. The smallest absolute Gasteiger partial charge is 0.162 e. The Morgan fingerprint density at radius 3 is 2.33 bits per heavy atom. The molecule has 1 aromatic rings. The molecule has 1 aromatic carbocycles. The van der Waals surface area contributed by atoms with Gasteiger partial charge in [0.25, 0.3) is 0 Å². The highest BCUT2D eigenvalue weighted by molar-refractivity contribution is 7.90. The minimum absolute atomic E-state index is 0.0158. The maximum atomic E-state index is 11.8. The van der Waals surface area contributed by atoms with Gasteiger partial charge in [0.1, 0.15) is 9.84 Å². The molecule has 0 radical (unpaired) electrons. The molecule has 0 fully saturated rings. The molecule has 1 rings (SSSR count). The van der Waals surface area contributed by atoms with Gasteiger partial charge in [-0.15, -0.1) is 0 Å². The zero-order chi connectivity index (χ0) is 13.6. The maximum absolute atomic E-state index is 11.8. The SMILES string of the molecule is CS(=O)(=O)CCCC(=O)c1ccc(CCN)cc1. The van der Waals surface area contributed by atoms with Crippen LogP contribution in [0.5, 0.6) is 0 Å². The topological polar surface area (TPSA) is 77.2 Å². The van der Waals surface area contributed by atoms with E-state index in [0.29, 0.717) is 18.5 Å². The van der Waals surface area contributed by atoms with Crippen molar-refractivity contribution in [3.05, 3.63) is 35.4 Å². The van der Waals surface area contributed by atoms with Crippen LogP contribution in [-0.4, -0.2) is 32.8 Å². The third-order valence-corrected chi connectivity index (χ3v) is 3.66. The standard InChI is InChI=1S/C13H19NO3S/c1-18(16,17)10-2-3-13(15)12-6-4-11(5-7-12)8-9-14/h4-7H,2-3,8-10,14H2,1H3. The number of ketones is 1. The molecule has 4 nitrogen and oxygen atoms in total. The van der Waals surface area contributed by atoms with Gasteiger partial charge in [0, 0.05) is 18.2 Å². The number of Topliss-reactive ketones (excluding diaryl/α,β-unsaturated/α-hetero) is 1. The molecule has 0 saturated heterocycles. The Bertz CT molecular complexity index is 491. The molecule has 0 heterocycles. The van der Waals surface area contributed by atoms with E-state index in [-0.39, 0.29) is 18.0 Å². The minimum Gasteiger partial charge on any atom is -0.330 e. The number of hydrogen-bond donors (Lipinski definition) is 1. The summed E-state index contributed by atoms with van der Waals surface area (Å²) >= 11 is 0. The third kappa shape index (κ3) is 5.42. The van der Waals surface area contributed by atoms with Gasteiger partial charge < -0.3 is 5.73 Å². The molecule has 100 valence electrons. The Hall–Kier alpha value is -1.20. The fraction of sp³-hybridized carbons (Fsp3) is 0.462. The normalized spacial score (nSPS) is 11.4. The average molecular weight is 269 g/mol. The van der Waals surface area contributed by atoms with Gasteiger partial charge in [-0.1, -0.05) is 24.3 Å². The summed E-state index contributed by atoms with van der Waals surface area (Å²) < 4.78 is 21.9. The van der Waals surface area contributed by atoms with Gasteiger partial charge in [-0.05, 0) is 24.9 Å². The summed E-state index contributed by atoms with van der Waals surface area (Å²) in [5, 5.41) is 0. The molecule has 2 N–H and O–H groups in total. The van der Waals surface area contributed by atoms with Crippen LogP contribution in [0.25, 0.3) is 0 Å². The quantitative estimate of drug-likeness (QED) is 0.754. The van der Waals surface area contributed by atoms with E-state index in [9.17, 15) is 13.2 Å². The van der Waals surface area contributed by atoms with Crippen molar-refractivity contribution in [2.24, 2.45) is 5.73 Å². The summed E-state index contributed by atoms with van der Waals surface area (Å²) in [5.41, 5.74) is 7.17. The maximum Gasteiger partial charge on any atom is 0.162 e. The van der Waals surface area contributed by atoms with Crippen LogP contribution in [0, 0.1) is 0 Å². The van der Waals surface area contributed by atoms with Gasteiger partial charge in [-0.25, -0.2) is 8.42 Å². The summed E-state index contributed by atoms with van der Waals surface area (Å²) in [4.78, 5) is 11.8. The molecule has 0 aliphatic carbocycles. The van der Waals surface area contributed by atoms with E-state index >= 15 is 0 Å². The van der Waals surface area contributed by atoms with Crippen molar-refractivity contribution in [3.63, 3.8) is 0 Å². The highest BCUT2D eigenvalue weighted by Crippen LogP contribution is 2.09. The number of sulfone groups is 1. The van der Waals surface area contributed by atoms with E-state index in [1.807, 2.05) is 12.1 Å². The number of rotatable bonds is 7. The van der Waals surface area contributed by atoms with Crippen LogP contribution in [0.2, 0.25) is 0 Å². The van der Waals surface area contributed by atoms with Crippen LogP contribution in [0.4, 0.5) is 0 Å². The third-order valence-electron chi connectivity index (χ3n) is 2.63. The van der Waals surface area contributed by atoms with E-state index in [0.717, 1.165) is 12.0 Å². The molecule has 0 amide bonds. The molecular formula is C13H19NO3S. The zero-order valence-corrected chi connectivity index (χ0v) is 11.4. The van der Waals surface area contributed by atoms with Gasteiger partial charge in [0.2, 0.25) is 0 Å². The zero-order valence-electron chi connectivity index (χ0n) is 10.6. The second-order valence-corrected chi connectivity index (χ2v) is 6.65. The number of nitrogens with two attached hydrogens (primary N) is 1. The number of carbonyl (C=O) groups excluding carboxylic acids is 1. The second-order valence-electron chi connectivity index (χ2n) is 4.39. The molecule has 0 aromatic heterocycles. The van der Waals surface area contributed by atoms with E-state index in [1.165, 1.54) is 6.26 Å². The average Bonchev–Trinajstić information content (AvgIpc) is 2.28. The van der Waals surface area contributed by atoms with Crippen molar-refractivity contribution in [2.45, 2.75) is 19.3 Å². The van der Waals surface area contributed by atoms with Crippen molar-refractivity contribution in [1.82, 2.24) is 0 Å². The fourth-order valence-corrected chi connectivity index (χ4v) is 2.33. The van der Waals surface area contributed by atoms with Crippen LogP contribution >= 0.6 is 0 Å². The second kappa shape index (κ2) is 6.66. The minimum atomic E-state index is -2.98. The molecule has 0 aliphatic rings. The first kappa shape index (κ1) is 14.9. The monoisotopic (exact) mass is 269 g/mol. The number of hydrogen-bond acceptors (Lipinski definition) is 4. The van der Waals surface area contributed by atoms with Gasteiger partial charge in [0.05, 0.1) is 5.75 Å². The summed E-state index contributed by atoms with van der Waals surface area (Å²) in [6.07, 6.45) is 2.62. The van der Waals surface area contributed by atoms with Gasteiger partial charge >= 0.3 is 0 Å². The Kier molecular flexibility index (Phi) is 5.50. The first-order valence-electron chi connectivity index (χ1n) is 5.92. The Morgan fingerprint density at radius 2 is 1.83 bits per heavy atom. The number of benzene rings is 1. The molecule has 0 spiro atoms. The summed E-state index contributed by atoms with van der Waals surface area (Å²) in [6, 6.07) is 7.31. The predicted octanol–water partition coefficient (Wildman–Crippen LogP) is 1.20. The molecular weight excluding hydrogens is 250 g/mol. The van der Waals surface area contributed by atoms with Crippen LogP contribution < -0.4 is 5.73 Å². The van der Waals surface area contributed by atoms with Crippen molar-refractivity contribution < 1.29 is 13.2 Å². The largest absolute Gasteiger partial charge is 0.330 e. The lowest BCUT2D eigenvalue weighted by molar-refractivity contribution is 0.0982. The molecule has 0 bridgehead atoms. The van der Waals surface area contributed by atoms with E-state index in [2.05, 4.69) is 0 Å². The van der Waals surface area contributed by atoms with E-state index < -0.39 is 9.84 Å². The van der Waals surface area contributed by atoms with Crippen LogP contribution in [0.3, 0.4) is 0 Å². The van der Waals surface area contributed by atoms with E-state index in [1.54, 1.807) is 12.1 Å². The number of carbonyl (C=O) groups is 1. The van der Waals surface area contributed by atoms with Crippen molar-refractivity contribution in [1.29, 1.82) is 0 Å². The molecule has 0 atom stereocenters. The van der Waals surface area contributed by atoms with Crippen molar-refractivity contribution >= 4 is 15.6 Å². The predicted molar refractivity (Wildman–Crippen MR) is 72.5 cm³/mol. The lowest BCUT2D eigenvalue weighted by Gasteiger charge is -2.03. The Balaban J connectivity index is 2.51. The molecule has 0 aliphatic heterocycles. The lowest BCUT2D eigenvalue weighted by atomic mass is 10.0. The van der Waals surface area contributed by atoms with Crippen LogP contribution in [0.15, 0.2) is 24.3 Å². The highest BCUT2D eigenvalue weighted by Gasteiger charge is 2.08. The van der Waals surface area contributed by atoms with E-state index in [4.69, 9.17) is 5.73 Å². The summed E-state index contributed by atoms with van der Waals surface area (Å²) in [5.74, 6) is 0.0437. The van der Waals surface area contributed by atoms with Crippen molar-refractivity contribution in [3.8, 4) is 0 Å². The van der Waals surface area contributed by atoms with Crippen molar-refractivity contribution in [2.75, 3.05) is 18.6 Å². The molecule has 18 heavy (non-hydrogen) atoms. The van der Waals surface area contributed by atoms with Gasteiger partial charge in [0.15, 0.2) is 5.78 Å². The van der Waals surface area contributed by atoms with Crippen LogP contribution in [0.1, 0.15) is 28.8 Å². The lowest BCUT2D eigenvalue weighted by Crippen LogP contribution is -2.07. The summed E-state index contributed by atoms with van der Waals surface area (Å²) in [7, 11) is -2.98. The highest BCUT2D eigenvalue weighted by atomic mass is 32.2. The van der Waals surface area contributed by atoms with Crippen LogP contribution in [-0.2, 0) is 16.3 Å². The first-order chi connectivity index (χ1) is 8.42. The molecule has 5 heteroatoms. The molecule has 0 unspecified atom stereocenters. The first-order valence-corrected chi connectivity index (χ1v) is 7.98. The van der Waals surface area contributed by atoms with Gasteiger partial charge in [-0.2, -0.15) is 0 Å². The Labute approximate surface area is 108 Å². The van der Waals surface area contributed by atoms with Gasteiger partial charge in [-0.3, -0.25) is 4.79 Å². The summed E-state index contributed by atoms with van der Waals surface area (Å²) in [6.45, 7) is 0.585.